The molecular weight excluding hydrogens is 271 g/mol. The van der Waals surface area contributed by atoms with Crippen LogP contribution in [0.15, 0.2) is 18.2 Å². The van der Waals surface area contributed by atoms with Crippen LogP contribution >= 0.6 is 0 Å². The molecule has 0 aliphatic carbocycles. The Bertz CT molecular complexity index is 601. The Hall–Kier alpha value is -1.47. The minimum atomic E-state index is -3.12. The second-order valence-corrected chi connectivity index (χ2v) is 6.84. The van der Waals surface area contributed by atoms with Gasteiger partial charge in [0.05, 0.1) is 23.1 Å². The fraction of sp³-hybridized carbons (Fsp3) is 0.417. The Morgan fingerprint density at radius 1 is 1.47 bits per heavy atom. The van der Waals surface area contributed by atoms with Gasteiger partial charge in [-0.1, -0.05) is 6.07 Å². The molecule has 3 N–H and O–H groups in total. The van der Waals surface area contributed by atoms with Gasteiger partial charge < -0.3 is 11.1 Å². The normalized spacial score (nSPS) is 21.3. The van der Waals surface area contributed by atoms with E-state index >= 15 is 0 Å². The number of halogens is 1. The molecule has 1 aliphatic heterocycles. The average Bonchev–Trinajstić information content (AvgIpc) is 2.72. The van der Waals surface area contributed by atoms with E-state index in [1.807, 2.05) is 0 Å². The average molecular weight is 286 g/mol. The second kappa shape index (κ2) is 5.26. The molecule has 104 valence electrons. The van der Waals surface area contributed by atoms with Crippen molar-refractivity contribution in [3.05, 3.63) is 29.6 Å². The van der Waals surface area contributed by atoms with E-state index in [1.54, 1.807) is 6.07 Å². The highest BCUT2D eigenvalue weighted by atomic mass is 32.2. The third-order valence-corrected chi connectivity index (χ3v) is 4.90. The van der Waals surface area contributed by atoms with Crippen LogP contribution in [0.1, 0.15) is 12.0 Å². The molecule has 7 heteroatoms. The van der Waals surface area contributed by atoms with Crippen LogP contribution in [0.4, 0.5) is 10.1 Å². The number of carbonyl (C=O) groups is 1. The molecule has 1 unspecified atom stereocenters. The minimum absolute atomic E-state index is 0.0136. The summed E-state index contributed by atoms with van der Waals surface area (Å²) in [6, 6.07) is 4.30. The summed E-state index contributed by atoms with van der Waals surface area (Å²) >= 11 is 0. The van der Waals surface area contributed by atoms with Crippen LogP contribution in [0.2, 0.25) is 0 Å². The number of benzene rings is 1. The van der Waals surface area contributed by atoms with Gasteiger partial charge in [0, 0.05) is 6.54 Å². The molecule has 1 atom stereocenters. The van der Waals surface area contributed by atoms with Gasteiger partial charge in [-0.25, -0.2) is 12.8 Å². The number of carbonyl (C=O) groups excluding carboxylic acids is 1. The molecule has 0 radical (unpaired) electrons. The molecule has 0 saturated carbocycles. The van der Waals surface area contributed by atoms with Gasteiger partial charge in [0.1, 0.15) is 5.82 Å². The van der Waals surface area contributed by atoms with Crippen LogP contribution in [-0.2, 0) is 21.2 Å². The summed E-state index contributed by atoms with van der Waals surface area (Å²) in [6.07, 6.45) is 0.288. The van der Waals surface area contributed by atoms with E-state index in [2.05, 4.69) is 5.32 Å². The van der Waals surface area contributed by atoms with E-state index in [1.165, 1.54) is 12.1 Å². The van der Waals surface area contributed by atoms with Crippen molar-refractivity contribution in [1.82, 2.24) is 0 Å². The molecule has 0 bridgehead atoms. The molecule has 0 spiro atoms. The van der Waals surface area contributed by atoms with Crippen molar-refractivity contribution in [2.75, 3.05) is 16.8 Å². The lowest BCUT2D eigenvalue weighted by Crippen LogP contribution is -2.24. The fourth-order valence-corrected chi connectivity index (χ4v) is 3.76. The van der Waals surface area contributed by atoms with Gasteiger partial charge in [0.25, 0.3) is 0 Å². The van der Waals surface area contributed by atoms with E-state index in [9.17, 15) is 17.6 Å². The SMILES string of the molecule is NCc1ccc(NC(=O)C2CCS(=O)(=O)C2)c(F)c1. The van der Waals surface area contributed by atoms with Gasteiger partial charge in [0.2, 0.25) is 5.91 Å². The molecule has 0 aromatic heterocycles. The first-order chi connectivity index (χ1) is 8.91. The Labute approximate surface area is 110 Å². The summed E-state index contributed by atoms with van der Waals surface area (Å²) < 4.78 is 36.2. The number of nitrogens with two attached hydrogens (primary N) is 1. The van der Waals surface area contributed by atoms with Crippen LogP contribution in [0.3, 0.4) is 0 Å². The summed E-state index contributed by atoms with van der Waals surface area (Å²) in [5.41, 5.74) is 6.05. The molecule has 1 aliphatic rings. The van der Waals surface area contributed by atoms with Crippen molar-refractivity contribution < 1.29 is 17.6 Å². The number of nitrogens with one attached hydrogen (secondary N) is 1. The molecule has 1 fully saturated rings. The Balaban J connectivity index is 2.07. The minimum Gasteiger partial charge on any atom is -0.326 e. The van der Waals surface area contributed by atoms with Crippen LogP contribution in [-0.4, -0.2) is 25.8 Å². The summed E-state index contributed by atoms with van der Waals surface area (Å²) in [5.74, 6) is -1.78. The quantitative estimate of drug-likeness (QED) is 0.854. The fourth-order valence-electron chi connectivity index (χ4n) is 2.02. The van der Waals surface area contributed by atoms with Crippen LogP contribution in [0, 0.1) is 11.7 Å². The van der Waals surface area contributed by atoms with E-state index < -0.39 is 27.5 Å². The summed E-state index contributed by atoms with van der Waals surface area (Å²) in [7, 11) is -3.12. The van der Waals surface area contributed by atoms with Gasteiger partial charge in [0.15, 0.2) is 9.84 Å². The monoisotopic (exact) mass is 286 g/mol. The maximum absolute atomic E-state index is 13.6. The largest absolute Gasteiger partial charge is 0.326 e. The van der Waals surface area contributed by atoms with Crippen molar-refractivity contribution in [3.8, 4) is 0 Å². The van der Waals surface area contributed by atoms with E-state index in [4.69, 9.17) is 5.73 Å². The predicted molar refractivity (Wildman–Crippen MR) is 69.7 cm³/mol. The number of anilines is 1. The third-order valence-electron chi connectivity index (χ3n) is 3.13. The first-order valence-electron chi connectivity index (χ1n) is 5.91. The first-order valence-corrected chi connectivity index (χ1v) is 7.73. The topological polar surface area (TPSA) is 89.3 Å². The van der Waals surface area contributed by atoms with Crippen molar-refractivity contribution in [2.24, 2.45) is 11.7 Å². The summed E-state index contributed by atoms with van der Waals surface area (Å²) in [5, 5.41) is 2.42. The van der Waals surface area contributed by atoms with Crippen molar-refractivity contribution >= 4 is 21.4 Å². The van der Waals surface area contributed by atoms with Gasteiger partial charge >= 0.3 is 0 Å². The van der Waals surface area contributed by atoms with Crippen LogP contribution in [0.5, 0.6) is 0 Å². The standard InChI is InChI=1S/C12H15FN2O3S/c13-10-5-8(6-14)1-2-11(10)15-12(16)9-3-4-19(17,18)7-9/h1-2,5,9H,3-4,6-7,14H2,(H,15,16). The molecule has 1 saturated heterocycles. The maximum Gasteiger partial charge on any atom is 0.228 e. The highest BCUT2D eigenvalue weighted by Gasteiger charge is 2.33. The van der Waals surface area contributed by atoms with E-state index in [0.717, 1.165) is 0 Å². The van der Waals surface area contributed by atoms with Gasteiger partial charge in [-0.15, -0.1) is 0 Å². The molecule has 1 aromatic carbocycles. The Kier molecular flexibility index (Phi) is 3.86. The Morgan fingerprint density at radius 2 is 2.21 bits per heavy atom. The van der Waals surface area contributed by atoms with E-state index in [-0.39, 0.29) is 30.2 Å². The van der Waals surface area contributed by atoms with E-state index in [0.29, 0.717) is 5.56 Å². The zero-order valence-corrected chi connectivity index (χ0v) is 11.0. The molecule has 5 nitrogen and oxygen atoms in total. The van der Waals surface area contributed by atoms with Gasteiger partial charge in [-0.3, -0.25) is 4.79 Å². The molecule has 19 heavy (non-hydrogen) atoms. The number of sulfone groups is 1. The predicted octanol–water partition coefficient (Wildman–Crippen LogP) is 0.658. The van der Waals surface area contributed by atoms with Crippen molar-refractivity contribution in [3.63, 3.8) is 0 Å². The molecule has 1 heterocycles. The zero-order chi connectivity index (χ0) is 14.0. The van der Waals surface area contributed by atoms with Gasteiger partial charge in [-0.05, 0) is 24.1 Å². The highest BCUT2D eigenvalue weighted by molar-refractivity contribution is 7.91. The van der Waals surface area contributed by atoms with Crippen molar-refractivity contribution in [1.29, 1.82) is 0 Å². The molecule has 1 aromatic rings. The maximum atomic E-state index is 13.6. The lowest BCUT2D eigenvalue weighted by Gasteiger charge is -2.10. The Morgan fingerprint density at radius 3 is 2.74 bits per heavy atom. The molecule has 2 rings (SSSR count). The molecule has 1 amide bonds. The smallest absolute Gasteiger partial charge is 0.228 e. The van der Waals surface area contributed by atoms with Crippen molar-refractivity contribution in [2.45, 2.75) is 13.0 Å². The number of rotatable bonds is 3. The highest BCUT2D eigenvalue weighted by Crippen LogP contribution is 2.22. The number of amides is 1. The summed E-state index contributed by atoms with van der Waals surface area (Å²) in [4.78, 5) is 11.8. The second-order valence-electron chi connectivity index (χ2n) is 4.61. The van der Waals surface area contributed by atoms with Crippen LogP contribution < -0.4 is 11.1 Å². The summed E-state index contributed by atoms with van der Waals surface area (Å²) in [6.45, 7) is 0.214. The van der Waals surface area contributed by atoms with Crippen LogP contribution in [0.25, 0.3) is 0 Å². The lowest BCUT2D eigenvalue weighted by atomic mass is 10.1. The van der Waals surface area contributed by atoms with Gasteiger partial charge in [-0.2, -0.15) is 0 Å². The zero-order valence-electron chi connectivity index (χ0n) is 10.2. The first kappa shape index (κ1) is 14.0. The number of hydrogen-bond donors (Lipinski definition) is 2. The lowest BCUT2D eigenvalue weighted by molar-refractivity contribution is -0.119. The molecular formula is C12H15FN2O3S. The number of hydrogen-bond acceptors (Lipinski definition) is 4. The third kappa shape index (κ3) is 3.30.